The fourth-order valence-electron chi connectivity index (χ4n) is 2.98. The van der Waals surface area contributed by atoms with E-state index in [1.54, 1.807) is 0 Å². The molecule has 1 aliphatic rings. The number of rotatable bonds is 13. The number of hydrogen-bond donors (Lipinski definition) is 8. The second-order valence-corrected chi connectivity index (χ2v) is 7.39. The van der Waals surface area contributed by atoms with Crippen LogP contribution in [0, 0.1) is 0 Å². The molecule has 0 spiro atoms. The molecule has 0 bridgehead atoms. The zero-order chi connectivity index (χ0) is 24.3. The third-order valence-electron chi connectivity index (χ3n) is 4.70. The summed E-state index contributed by atoms with van der Waals surface area (Å²) in [6.07, 6.45) is 1.07. The molecule has 1 heterocycles. The van der Waals surface area contributed by atoms with Gasteiger partial charge in [-0.15, -0.1) is 0 Å². The number of aliphatic carboxylic acids is 2. The minimum absolute atomic E-state index is 0.119. The van der Waals surface area contributed by atoms with Gasteiger partial charge in [0.25, 0.3) is 0 Å². The quantitative estimate of drug-likeness (QED) is 0.0783. The maximum atomic E-state index is 12.8. The highest BCUT2D eigenvalue weighted by molar-refractivity contribution is 5.95. The van der Waals surface area contributed by atoms with Crippen molar-refractivity contribution in [1.82, 2.24) is 21.3 Å². The standard InChI is InChI=1S/C18H31N7O7/c1-9(17(31)32)23-16(30)12(8-13(26)27)25-15(29)11(5-3-7-22-18(19)20)24-14(28)10-4-2-6-21-10/h9-12,21H,2-8H2,1H3,(H,23,30)(H,24,28)(H,25,29)(H,26,27)(H,31,32)(H4,19,20,22). The molecule has 1 rings (SSSR count). The van der Waals surface area contributed by atoms with E-state index in [2.05, 4.69) is 26.3 Å². The van der Waals surface area contributed by atoms with Crippen LogP contribution in [0.3, 0.4) is 0 Å². The van der Waals surface area contributed by atoms with Crippen LogP contribution < -0.4 is 32.7 Å². The van der Waals surface area contributed by atoms with Crippen molar-refractivity contribution >= 4 is 35.6 Å². The average molecular weight is 457 g/mol. The Kier molecular flexibility index (Phi) is 10.9. The predicted octanol–water partition coefficient (Wildman–Crippen LogP) is -3.17. The molecule has 0 aromatic rings. The largest absolute Gasteiger partial charge is 0.481 e. The topological polar surface area (TPSA) is 238 Å². The zero-order valence-electron chi connectivity index (χ0n) is 17.8. The first-order chi connectivity index (χ1) is 15.0. The van der Waals surface area contributed by atoms with Gasteiger partial charge in [0.1, 0.15) is 18.1 Å². The van der Waals surface area contributed by atoms with Gasteiger partial charge in [-0.2, -0.15) is 0 Å². The van der Waals surface area contributed by atoms with Crippen LogP contribution in [0.4, 0.5) is 0 Å². The van der Waals surface area contributed by atoms with Gasteiger partial charge in [-0.25, -0.2) is 0 Å². The van der Waals surface area contributed by atoms with E-state index in [1.807, 2.05) is 0 Å². The molecule has 4 unspecified atom stereocenters. The Morgan fingerprint density at radius 3 is 2.25 bits per heavy atom. The smallest absolute Gasteiger partial charge is 0.325 e. The van der Waals surface area contributed by atoms with E-state index in [0.29, 0.717) is 19.4 Å². The highest BCUT2D eigenvalue weighted by Crippen LogP contribution is 2.07. The molecule has 3 amide bonds. The Balaban J connectivity index is 2.89. The Hall–Kier alpha value is -3.42. The summed E-state index contributed by atoms with van der Waals surface area (Å²) < 4.78 is 0. The highest BCUT2D eigenvalue weighted by Gasteiger charge is 2.31. The molecule has 1 aliphatic heterocycles. The van der Waals surface area contributed by atoms with E-state index >= 15 is 0 Å². The normalized spacial score (nSPS) is 18.0. The first kappa shape index (κ1) is 26.6. The molecular weight excluding hydrogens is 426 g/mol. The number of nitrogens with two attached hydrogens (primary N) is 2. The lowest BCUT2D eigenvalue weighted by atomic mass is 10.1. The lowest BCUT2D eigenvalue weighted by Gasteiger charge is -2.24. The number of carboxylic acids is 2. The number of carbonyl (C=O) groups excluding carboxylic acids is 3. The number of guanidine groups is 1. The molecule has 0 saturated carbocycles. The Morgan fingerprint density at radius 1 is 1.06 bits per heavy atom. The van der Waals surface area contributed by atoms with Gasteiger partial charge in [0.2, 0.25) is 17.7 Å². The van der Waals surface area contributed by atoms with E-state index in [-0.39, 0.29) is 18.9 Å². The fourth-order valence-corrected chi connectivity index (χ4v) is 2.98. The lowest BCUT2D eigenvalue weighted by Crippen LogP contribution is -2.57. The molecule has 1 saturated heterocycles. The summed E-state index contributed by atoms with van der Waals surface area (Å²) in [5, 5.41) is 28.0. The van der Waals surface area contributed by atoms with Crippen molar-refractivity contribution in [1.29, 1.82) is 0 Å². The van der Waals surface area contributed by atoms with Crippen molar-refractivity contribution in [2.24, 2.45) is 16.5 Å². The Labute approximate surface area is 184 Å². The Morgan fingerprint density at radius 2 is 1.72 bits per heavy atom. The van der Waals surface area contributed by atoms with E-state index < -0.39 is 60.2 Å². The number of aliphatic imine (C=N–C) groups is 1. The zero-order valence-corrected chi connectivity index (χ0v) is 17.8. The third-order valence-corrected chi connectivity index (χ3v) is 4.70. The summed E-state index contributed by atoms with van der Waals surface area (Å²) in [7, 11) is 0. The van der Waals surface area contributed by atoms with Crippen molar-refractivity contribution in [3.05, 3.63) is 0 Å². The number of nitrogens with zero attached hydrogens (tertiary/aromatic N) is 1. The van der Waals surface area contributed by atoms with Gasteiger partial charge in [0.15, 0.2) is 5.96 Å². The fraction of sp³-hybridized carbons (Fsp3) is 0.667. The van der Waals surface area contributed by atoms with E-state index in [4.69, 9.17) is 21.7 Å². The molecule has 10 N–H and O–H groups in total. The van der Waals surface area contributed by atoms with Crippen molar-refractivity contribution < 1.29 is 34.2 Å². The van der Waals surface area contributed by atoms with E-state index in [9.17, 15) is 24.0 Å². The molecular formula is C18H31N7O7. The van der Waals surface area contributed by atoms with E-state index in [0.717, 1.165) is 6.42 Å². The summed E-state index contributed by atoms with van der Waals surface area (Å²) in [4.78, 5) is 63.5. The number of hydrogen-bond acceptors (Lipinski definition) is 7. The van der Waals surface area contributed by atoms with Gasteiger partial charge in [0.05, 0.1) is 12.5 Å². The third kappa shape index (κ3) is 9.59. The number of carbonyl (C=O) groups is 5. The van der Waals surface area contributed by atoms with Crippen LogP contribution in [0.25, 0.3) is 0 Å². The second kappa shape index (κ2) is 13.1. The van der Waals surface area contributed by atoms with E-state index in [1.165, 1.54) is 6.92 Å². The number of nitrogens with one attached hydrogen (secondary N) is 4. The van der Waals surface area contributed by atoms with Crippen LogP contribution in [0.2, 0.25) is 0 Å². The summed E-state index contributed by atoms with van der Waals surface area (Å²) in [6, 6.07) is -4.37. The lowest BCUT2D eigenvalue weighted by molar-refractivity contribution is -0.143. The summed E-state index contributed by atoms with van der Waals surface area (Å²) in [5.74, 6) is -4.99. The highest BCUT2D eigenvalue weighted by atomic mass is 16.4. The second-order valence-electron chi connectivity index (χ2n) is 7.39. The Bertz CT molecular complexity index is 733. The maximum Gasteiger partial charge on any atom is 0.325 e. The van der Waals surface area contributed by atoms with Crippen LogP contribution in [0.15, 0.2) is 4.99 Å². The molecule has 4 atom stereocenters. The maximum absolute atomic E-state index is 12.8. The van der Waals surface area contributed by atoms with Crippen LogP contribution in [-0.2, 0) is 24.0 Å². The van der Waals surface area contributed by atoms with Crippen LogP contribution in [0.5, 0.6) is 0 Å². The van der Waals surface area contributed by atoms with Gasteiger partial charge in [-0.3, -0.25) is 29.0 Å². The number of amides is 3. The van der Waals surface area contributed by atoms with Crippen LogP contribution in [-0.4, -0.2) is 83.1 Å². The van der Waals surface area contributed by atoms with Crippen LogP contribution in [0.1, 0.15) is 39.0 Å². The van der Waals surface area contributed by atoms with Crippen molar-refractivity contribution in [2.45, 2.75) is 63.2 Å². The van der Waals surface area contributed by atoms with Gasteiger partial charge in [-0.05, 0) is 39.2 Å². The average Bonchev–Trinajstić information content (AvgIpc) is 3.23. The molecule has 0 aromatic heterocycles. The SMILES string of the molecule is CC(NC(=O)C(CC(=O)O)NC(=O)C(CCCN=C(N)N)NC(=O)C1CCCN1)C(=O)O. The molecule has 1 fully saturated rings. The first-order valence-electron chi connectivity index (χ1n) is 10.2. The van der Waals surface area contributed by atoms with Gasteiger partial charge in [-0.1, -0.05) is 0 Å². The monoisotopic (exact) mass is 457 g/mol. The predicted molar refractivity (Wildman–Crippen MR) is 112 cm³/mol. The molecule has 180 valence electrons. The summed E-state index contributed by atoms with van der Waals surface area (Å²) in [6.45, 7) is 2.06. The molecule has 32 heavy (non-hydrogen) atoms. The summed E-state index contributed by atoms with van der Waals surface area (Å²) >= 11 is 0. The minimum atomic E-state index is -1.54. The van der Waals surface area contributed by atoms with Crippen molar-refractivity contribution in [2.75, 3.05) is 13.1 Å². The molecule has 0 radical (unpaired) electrons. The van der Waals surface area contributed by atoms with Crippen LogP contribution >= 0.6 is 0 Å². The van der Waals surface area contributed by atoms with Gasteiger partial charge < -0.3 is 42.9 Å². The summed E-state index contributed by atoms with van der Waals surface area (Å²) in [5.41, 5.74) is 10.5. The minimum Gasteiger partial charge on any atom is -0.481 e. The van der Waals surface area contributed by atoms with Crippen molar-refractivity contribution in [3.8, 4) is 0 Å². The molecule has 14 heteroatoms. The van der Waals surface area contributed by atoms with Gasteiger partial charge >= 0.3 is 11.9 Å². The van der Waals surface area contributed by atoms with Crippen molar-refractivity contribution in [3.63, 3.8) is 0 Å². The molecule has 0 aliphatic carbocycles. The first-order valence-corrected chi connectivity index (χ1v) is 10.2. The molecule has 0 aromatic carbocycles. The molecule has 14 nitrogen and oxygen atoms in total. The van der Waals surface area contributed by atoms with Gasteiger partial charge in [0, 0.05) is 6.54 Å². The number of carboxylic acid groups (broad SMARTS) is 2.